The summed E-state index contributed by atoms with van der Waals surface area (Å²) in [6.07, 6.45) is 0.570. The Kier molecular flexibility index (Phi) is 8.05. The molecule has 3 aromatic rings. The monoisotopic (exact) mass is 498 g/mol. The number of aromatic nitrogens is 1. The molecule has 1 aromatic heterocycles. The van der Waals surface area contributed by atoms with Crippen molar-refractivity contribution < 1.29 is 22.4 Å². The maximum Gasteiger partial charge on any atom is 0.416 e. The van der Waals surface area contributed by atoms with Gasteiger partial charge in [0.1, 0.15) is 11.6 Å². The molecule has 11 heteroatoms. The third kappa shape index (κ3) is 6.47. The van der Waals surface area contributed by atoms with E-state index < -0.39 is 23.5 Å². The molecule has 1 amide bonds. The first-order chi connectivity index (χ1) is 17.1. The maximum absolute atomic E-state index is 14.7. The third-order valence-electron chi connectivity index (χ3n) is 4.84. The molecule has 0 atom stereocenters. The van der Waals surface area contributed by atoms with E-state index in [0.29, 0.717) is 28.2 Å². The lowest BCUT2D eigenvalue weighted by Gasteiger charge is -2.16. The number of halogens is 4. The fraction of sp³-hybridized carbons (Fsp3) is 0.0800. The Labute approximate surface area is 204 Å². The van der Waals surface area contributed by atoms with Crippen LogP contribution in [0, 0.1) is 11.2 Å². The van der Waals surface area contributed by atoms with E-state index in [9.17, 15) is 22.4 Å². The van der Waals surface area contributed by atoms with Crippen LogP contribution in [0.5, 0.6) is 0 Å². The van der Waals surface area contributed by atoms with E-state index in [1.165, 1.54) is 42.7 Å². The smallest absolute Gasteiger partial charge is 0.392 e. The van der Waals surface area contributed by atoms with Gasteiger partial charge in [-0.25, -0.2) is 9.37 Å². The number of pyridine rings is 1. The Morgan fingerprint density at radius 1 is 1.06 bits per heavy atom. The number of amides is 1. The molecule has 0 unspecified atom stereocenters. The van der Waals surface area contributed by atoms with Crippen molar-refractivity contribution in [3.63, 3.8) is 0 Å². The number of carbonyl (C=O) groups excluding carboxylic acids is 1. The Morgan fingerprint density at radius 3 is 2.39 bits per heavy atom. The largest absolute Gasteiger partial charge is 0.416 e. The molecule has 0 saturated carbocycles. The zero-order valence-electron chi connectivity index (χ0n) is 19.0. The molecular formula is C25H22F4N6O. The molecule has 0 fully saturated rings. The van der Waals surface area contributed by atoms with Crippen molar-refractivity contribution in [1.82, 2.24) is 10.3 Å². The zero-order chi connectivity index (χ0) is 26.3. The SMILES string of the molecule is C=CC(=O)Nc1ccc(F)c(Nc2cc(N/C(C=N)=C/NC)ncc2-c2ccc(C(F)(F)F)cc2)c1. The van der Waals surface area contributed by atoms with Crippen LogP contribution in [0.15, 0.2) is 79.3 Å². The van der Waals surface area contributed by atoms with Crippen LogP contribution in [0.25, 0.3) is 11.1 Å². The molecule has 0 aliphatic carbocycles. The van der Waals surface area contributed by atoms with Gasteiger partial charge < -0.3 is 26.7 Å². The van der Waals surface area contributed by atoms with Gasteiger partial charge in [0.25, 0.3) is 0 Å². The van der Waals surface area contributed by atoms with E-state index in [1.54, 1.807) is 7.05 Å². The van der Waals surface area contributed by atoms with E-state index >= 15 is 0 Å². The minimum absolute atomic E-state index is 0.000202. The average Bonchev–Trinajstić information content (AvgIpc) is 2.85. The maximum atomic E-state index is 14.7. The van der Waals surface area contributed by atoms with Gasteiger partial charge in [0.05, 0.1) is 22.6 Å². The summed E-state index contributed by atoms with van der Waals surface area (Å²) >= 11 is 0. The molecule has 0 bridgehead atoms. The van der Waals surface area contributed by atoms with Crippen LogP contribution in [0.1, 0.15) is 5.56 Å². The Bertz CT molecular complexity index is 1300. The van der Waals surface area contributed by atoms with Crippen molar-refractivity contribution in [2.24, 2.45) is 0 Å². The lowest BCUT2D eigenvalue weighted by Crippen LogP contribution is -2.09. The van der Waals surface area contributed by atoms with Crippen molar-refractivity contribution in [2.75, 3.05) is 23.0 Å². The van der Waals surface area contributed by atoms with Gasteiger partial charge in [0, 0.05) is 43.0 Å². The van der Waals surface area contributed by atoms with E-state index in [-0.39, 0.29) is 11.5 Å². The number of nitrogens with zero attached hydrogens (tertiary/aromatic N) is 1. The Hall–Kier alpha value is -4.67. The molecule has 0 saturated heterocycles. The molecule has 3 rings (SSSR count). The third-order valence-corrected chi connectivity index (χ3v) is 4.84. The second-order valence-electron chi connectivity index (χ2n) is 7.36. The number of allylic oxidation sites excluding steroid dienone is 1. The van der Waals surface area contributed by atoms with Gasteiger partial charge in [-0.05, 0) is 42.0 Å². The highest BCUT2D eigenvalue weighted by atomic mass is 19.4. The summed E-state index contributed by atoms with van der Waals surface area (Å²) in [6, 6.07) is 9.89. The lowest BCUT2D eigenvalue weighted by atomic mass is 10.0. The van der Waals surface area contributed by atoms with Crippen molar-refractivity contribution in [3.05, 3.63) is 90.7 Å². The number of carbonyl (C=O) groups is 1. The number of hydrogen-bond donors (Lipinski definition) is 5. The summed E-state index contributed by atoms with van der Waals surface area (Å²) in [7, 11) is 1.65. The molecule has 0 aliphatic rings. The minimum atomic E-state index is -4.49. The predicted octanol–water partition coefficient (Wildman–Crippen LogP) is 5.90. The van der Waals surface area contributed by atoms with Crippen LogP contribution in [0.4, 0.5) is 40.4 Å². The second kappa shape index (κ2) is 11.2. The number of benzene rings is 2. The highest BCUT2D eigenvalue weighted by Crippen LogP contribution is 2.36. The standard InChI is InChI=1S/C25H22F4N6O/c1-3-24(36)34-17-8-9-20(26)22(10-17)35-21-11-23(33-18(12-30)13-31-2)32-14-19(21)15-4-6-16(7-5-15)25(27,28)29/h3-14,30-31H,1H2,2H3,(H,34,36)(H2,32,33,35)/b18-13+,30-12?. The normalized spacial score (nSPS) is 11.4. The summed E-state index contributed by atoms with van der Waals surface area (Å²) in [5.41, 5.74) is 0.972. The van der Waals surface area contributed by atoms with Gasteiger partial charge in [-0.1, -0.05) is 18.7 Å². The lowest BCUT2D eigenvalue weighted by molar-refractivity contribution is -0.137. The van der Waals surface area contributed by atoms with Gasteiger partial charge in [-0.2, -0.15) is 13.2 Å². The van der Waals surface area contributed by atoms with E-state index in [4.69, 9.17) is 5.41 Å². The summed E-state index contributed by atoms with van der Waals surface area (Å²) in [5, 5.41) is 18.7. The molecule has 7 nitrogen and oxygen atoms in total. The molecule has 0 spiro atoms. The van der Waals surface area contributed by atoms with Crippen molar-refractivity contribution in [3.8, 4) is 11.1 Å². The van der Waals surface area contributed by atoms with Crippen molar-refractivity contribution in [2.45, 2.75) is 6.18 Å². The number of hydrogen-bond acceptors (Lipinski definition) is 6. The summed E-state index contributed by atoms with van der Waals surface area (Å²) < 4.78 is 53.7. The van der Waals surface area contributed by atoms with Gasteiger partial charge in [-0.3, -0.25) is 4.79 Å². The van der Waals surface area contributed by atoms with Crippen molar-refractivity contribution in [1.29, 1.82) is 5.41 Å². The van der Waals surface area contributed by atoms with E-state index in [1.807, 2.05) is 0 Å². The topological polar surface area (TPSA) is 102 Å². The Morgan fingerprint density at radius 2 is 1.78 bits per heavy atom. The first-order valence-corrected chi connectivity index (χ1v) is 10.5. The van der Waals surface area contributed by atoms with Crippen LogP contribution >= 0.6 is 0 Å². The molecular weight excluding hydrogens is 476 g/mol. The van der Waals surface area contributed by atoms with Crippen LogP contribution in [-0.4, -0.2) is 24.2 Å². The van der Waals surface area contributed by atoms with Crippen molar-refractivity contribution >= 4 is 35.0 Å². The van der Waals surface area contributed by atoms with E-state index in [0.717, 1.165) is 30.5 Å². The molecule has 0 radical (unpaired) electrons. The van der Waals surface area contributed by atoms with Gasteiger partial charge >= 0.3 is 6.18 Å². The summed E-state index contributed by atoms with van der Waals surface area (Å²) in [5.74, 6) is -0.829. The fourth-order valence-corrected chi connectivity index (χ4v) is 3.15. The van der Waals surface area contributed by atoms with Gasteiger partial charge in [0.2, 0.25) is 5.91 Å². The number of anilines is 4. The van der Waals surface area contributed by atoms with Crippen LogP contribution in [0.2, 0.25) is 0 Å². The molecule has 186 valence electrons. The first-order valence-electron chi connectivity index (χ1n) is 10.5. The molecule has 5 N–H and O–H groups in total. The molecule has 0 aliphatic heterocycles. The first kappa shape index (κ1) is 25.9. The molecule has 2 aromatic carbocycles. The van der Waals surface area contributed by atoms with Crippen LogP contribution in [-0.2, 0) is 11.0 Å². The number of alkyl halides is 3. The van der Waals surface area contributed by atoms with Gasteiger partial charge in [-0.15, -0.1) is 0 Å². The summed E-state index contributed by atoms with van der Waals surface area (Å²) in [4.78, 5) is 15.9. The fourth-order valence-electron chi connectivity index (χ4n) is 3.15. The number of nitrogens with one attached hydrogen (secondary N) is 5. The van der Waals surface area contributed by atoms with Crippen LogP contribution < -0.4 is 21.3 Å². The highest BCUT2D eigenvalue weighted by molar-refractivity contribution is 5.99. The predicted molar refractivity (Wildman–Crippen MR) is 133 cm³/mol. The summed E-state index contributed by atoms with van der Waals surface area (Å²) in [6.45, 7) is 3.37. The zero-order valence-corrected chi connectivity index (χ0v) is 19.0. The van der Waals surface area contributed by atoms with Gasteiger partial charge in [0.15, 0.2) is 0 Å². The molecule has 1 heterocycles. The quantitative estimate of drug-likeness (QED) is 0.144. The van der Waals surface area contributed by atoms with E-state index in [2.05, 4.69) is 32.8 Å². The number of rotatable bonds is 9. The average molecular weight is 498 g/mol. The highest BCUT2D eigenvalue weighted by Gasteiger charge is 2.30. The minimum Gasteiger partial charge on any atom is -0.392 e. The molecule has 36 heavy (non-hydrogen) atoms. The second-order valence-corrected chi connectivity index (χ2v) is 7.36. The van der Waals surface area contributed by atoms with Crippen LogP contribution in [0.3, 0.4) is 0 Å². The Balaban J connectivity index is 2.06.